The van der Waals surface area contributed by atoms with E-state index in [1.165, 1.54) is 6.07 Å². The Labute approximate surface area is 208 Å². The molecule has 0 aliphatic heterocycles. The molecule has 0 spiro atoms. The highest BCUT2D eigenvalue weighted by molar-refractivity contribution is 6.31. The summed E-state index contributed by atoms with van der Waals surface area (Å²) in [5, 5.41) is 3.13. The van der Waals surface area contributed by atoms with E-state index < -0.39 is 35.4 Å². The summed E-state index contributed by atoms with van der Waals surface area (Å²) in [6.07, 6.45) is -5.26. The first kappa shape index (κ1) is 24.8. The number of carbonyl (C=O) groups is 1. The summed E-state index contributed by atoms with van der Waals surface area (Å²) in [5.74, 6) is -0.823. The van der Waals surface area contributed by atoms with Gasteiger partial charge in [-0.2, -0.15) is 13.2 Å². The molecule has 1 N–H and O–H groups in total. The molecule has 9 heteroatoms. The maximum absolute atomic E-state index is 13.5. The Bertz CT molecular complexity index is 1530. The van der Waals surface area contributed by atoms with E-state index in [1.54, 1.807) is 30.3 Å². The van der Waals surface area contributed by atoms with Crippen LogP contribution in [0.2, 0.25) is 10.0 Å². The number of alkyl halides is 3. The monoisotopic (exact) mass is 519 g/mol. The lowest BCUT2D eigenvalue weighted by Gasteiger charge is -2.16. The first-order valence-electron chi connectivity index (χ1n) is 10.4. The van der Waals surface area contributed by atoms with Gasteiger partial charge in [-0.1, -0.05) is 35.3 Å². The predicted octanol–water partition coefficient (Wildman–Crippen LogP) is 7.58. The molecule has 35 heavy (non-hydrogen) atoms. The highest BCUT2D eigenvalue weighted by Crippen LogP contribution is 2.37. The highest BCUT2D eigenvalue weighted by atomic mass is 35.5. The first-order chi connectivity index (χ1) is 16.4. The molecule has 1 amide bonds. The fraction of sp³-hybridized carbons (Fsp3) is 0.154. The predicted molar refractivity (Wildman–Crippen MR) is 131 cm³/mol. The van der Waals surface area contributed by atoms with Gasteiger partial charge in [0.25, 0.3) is 0 Å². The van der Waals surface area contributed by atoms with Crippen LogP contribution in [0.25, 0.3) is 22.1 Å². The lowest BCUT2D eigenvalue weighted by atomic mass is 9.93. The number of halogens is 5. The molecule has 0 bridgehead atoms. The van der Waals surface area contributed by atoms with Crippen LogP contribution >= 0.6 is 23.2 Å². The number of aryl methyl sites for hydroxylation is 2. The summed E-state index contributed by atoms with van der Waals surface area (Å²) >= 11 is 11.9. The van der Waals surface area contributed by atoms with E-state index in [9.17, 15) is 22.8 Å². The van der Waals surface area contributed by atoms with Gasteiger partial charge in [0, 0.05) is 21.0 Å². The third kappa shape index (κ3) is 5.21. The number of nitrogens with one attached hydrogen (secondary N) is 1. The van der Waals surface area contributed by atoms with Gasteiger partial charge in [0.1, 0.15) is 5.58 Å². The zero-order valence-electron chi connectivity index (χ0n) is 18.5. The summed E-state index contributed by atoms with van der Waals surface area (Å²) in [6, 6.07) is 13.3. The van der Waals surface area contributed by atoms with E-state index in [1.807, 2.05) is 19.9 Å². The summed E-state index contributed by atoms with van der Waals surface area (Å²) in [7, 11) is 0. The van der Waals surface area contributed by atoms with Crippen molar-refractivity contribution in [3.05, 3.63) is 97.3 Å². The SMILES string of the molecule is Cc1cc2oc(=O)c(CC(=O)Nc3ccc(Cl)cc3C(F)(F)F)c(-c3cccc(Cl)c3)c2cc1C. The summed E-state index contributed by atoms with van der Waals surface area (Å²) < 4.78 is 45.9. The van der Waals surface area contributed by atoms with Gasteiger partial charge in [0.15, 0.2) is 0 Å². The number of benzene rings is 3. The first-order valence-corrected chi connectivity index (χ1v) is 11.2. The summed E-state index contributed by atoms with van der Waals surface area (Å²) in [5.41, 5.74) is 0.855. The van der Waals surface area contributed by atoms with E-state index in [0.29, 0.717) is 27.1 Å². The second-order valence-corrected chi connectivity index (χ2v) is 8.97. The molecule has 4 nitrogen and oxygen atoms in total. The third-order valence-corrected chi connectivity index (χ3v) is 6.10. The lowest BCUT2D eigenvalue weighted by Crippen LogP contribution is -2.22. The standard InChI is InChI=1S/C26H18Cl2F3NO3/c1-13-8-18-22(9-14(13)2)35-25(34)19(24(18)15-4-3-5-16(27)10-15)12-23(33)32-21-7-6-17(28)11-20(21)26(29,30)31/h3-11H,12H2,1-2H3,(H,32,33). The highest BCUT2D eigenvalue weighted by Gasteiger charge is 2.34. The molecule has 0 saturated carbocycles. The average molecular weight is 520 g/mol. The van der Waals surface area contributed by atoms with Gasteiger partial charge < -0.3 is 9.73 Å². The lowest BCUT2D eigenvalue weighted by molar-refractivity contribution is -0.137. The van der Waals surface area contributed by atoms with Crippen molar-refractivity contribution in [3.8, 4) is 11.1 Å². The van der Waals surface area contributed by atoms with E-state index in [2.05, 4.69) is 5.32 Å². The van der Waals surface area contributed by atoms with Gasteiger partial charge >= 0.3 is 11.8 Å². The normalized spacial score (nSPS) is 11.6. The average Bonchev–Trinajstić information content (AvgIpc) is 2.76. The maximum atomic E-state index is 13.5. The van der Waals surface area contributed by atoms with Crippen molar-refractivity contribution < 1.29 is 22.4 Å². The molecule has 0 atom stereocenters. The zero-order chi connectivity index (χ0) is 25.5. The smallest absolute Gasteiger partial charge is 0.418 e. The molecule has 1 heterocycles. The van der Waals surface area contributed by atoms with E-state index in [-0.39, 0.29) is 10.6 Å². The van der Waals surface area contributed by atoms with Crippen LogP contribution < -0.4 is 10.9 Å². The van der Waals surface area contributed by atoms with E-state index in [4.69, 9.17) is 27.6 Å². The van der Waals surface area contributed by atoms with Crippen LogP contribution in [0.1, 0.15) is 22.3 Å². The second-order valence-electron chi connectivity index (χ2n) is 8.10. The molecule has 0 radical (unpaired) electrons. The van der Waals surface area contributed by atoms with Crippen LogP contribution in [-0.2, 0) is 17.4 Å². The number of anilines is 1. The Morgan fingerprint density at radius 3 is 2.34 bits per heavy atom. The van der Waals surface area contributed by atoms with Crippen LogP contribution in [0.4, 0.5) is 18.9 Å². The van der Waals surface area contributed by atoms with Gasteiger partial charge in [-0.05, 0) is 73.0 Å². The number of fused-ring (bicyclic) bond motifs is 1. The number of hydrogen-bond donors (Lipinski definition) is 1. The van der Waals surface area contributed by atoms with Crippen LogP contribution in [-0.4, -0.2) is 5.91 Å². The van der Waals surface area contributed by atoms with Crippen molar-refractivity contribution in [3.63, 3.8) is 0 Å². The molecule has 180 valence electrons. The minimum absolute atomic E-state index is 0.00282. The summed E-state index contributed by atoms with van der Waals surface area (Å²) in [4.78, 5) is 25.9. The van der Waals surface area contributed by atoms with E-state index in [0.717, 1.165) is 23.3 Å². The van der Waals surface area contributed by atoms with Gasteiger partial charge in [-0.3, -0.25) is 4.79 Å². The van der Waals surface area contributed by atoms with Crippen LogP contribution in [0.15, 0.2) is 63.8 Å². The quantitative estimate of drug-likeness (QED) is 0.282. The Hall–Kier alpha value is -3.29. The zero-order valence-corrected chi connectivity index (χ0v) is 20.0. The molecule has 1 aromatic heterocycles. The Morgan fingerprint density at radius 1 is 0.971 bits per heavy atom. The fourth-order valence-corrected chi connectivity index (χ4v) is 4.21. The van der Waals surface area contributed by atoms with Gasteiger partial charge in [-0.15, -0.1) is 0 Å². The largest absolute Gasteiger partial charge is 0.422 e. The van der Waals surface area contributed by atoms with Crippen molar-refractivity contribution in [2.24, 2.45) is 0 Å². The fourth-order valence-electron chi connectivity index (χ4n) is 3.84. The molecule has 3 aromatic carbocycles. The minimum atomic E-state index is -4.74. The number of carbonyl (C=O) groups excluding carboxylic acids is 1. The van der Waals surface area contributed by atoms with Crippen molar-refractivity contribution >= 4 is 45.8 Å². The number of amides is 1. The number of rotatable bonds is 4. The van der Waals surface area contributed by atoms with Gasteiger partial charge in [0.05, 0.1) is 23.2 Å². The van der Waals surface area contributed by atoms with Crippen LogP contribution in [0.5, 0.6) is 0 Å². The maximum Gasteiger partial charge on any atom is 0.418 e. The summed E-state index contributed by atoms with van der Waals surface area (Å²) in [6.45, 7) is 3.77. The molecular weight excluding hydrogens is 502 g/mol. The Kier molecular flexibility index (Phi) is 6.66. The van der Waals surface area contributed by atoms with Crippen molar-refractivity contribution in [1.82, 2.24) is 0 Å². The minimum Gasteiger partial charge on any atom is -0.422 e. The van der Waals surface area contributed by atoms with Gasteiger partial charge in [-0.25, -0.2) is 4.79 Å². The van der Waals surface area contributed by atoms with Crippen molar-refractivity contribution in [1.29, 1.82) is 0 Å². The molecule has 4 rings (SSSR count). The number of hydrogen-bond acceptors (Lipinski definition) is 3. The molecule has 0 aliphatic carbocycles. The van der Waals surface area contributed by atoms with Crippen molar-refractivity contribution in [2.45, 2.75) is 26.4 Å². The molecule has 0 saturated heterocycles. The van der Waals surface area contributed by atoms with Crippen molar-refractivity contribution in [2.75, 3.05) is 5.32 Å². The molecule has 0 unspecified atom stereocenters. The molecule has 4 aromatic rings. The molecule has 0 fully saturated rings. The van der Waals surface area contributed by atoms with Crippen LogP contribution in [0.3, 0.4) is 0 Å². The molecule has 0 aliphatic rings. The second kappa shape index (κ2) is 9.40. The Balaban J connectivity index is 1.84. The topological polar surface area (TPSA) is 59.3 Å². The van der Waals surface area contributed by atoms with Gasteiger partial charge in [0.2, 0.25) is 5.91 Å². The van der Waals surface area contributed by atoms with Crippen LogP contribution in [0, 0.1) is 13.8 Å². The van der Waals surface area contributed by atoms with E-state index >= 15 is 0 Å². The molecular formula is C26H18Cl2F3NO3. The Morgan fingerprint density at radius 2 is 1.66 bits per heavy atom. The third-order valence-electron chi connectivity index (χ3n) is 5.63.